The number of ether oxygens (including phenoxy) is 1. The monoisotopic (exact) mass is 219 g/mol. The van der Waals surface area contributed by atoms with Gasteiger partial charge in [0, 0.05) is 12.3 Å². The highest BCUT2D eigenvalue weighted by molar-refractivity contribution is 5.29. The van der Waals surface area contributed by atoms with Crippen LogP contribution in [0, 0.1) is 5.82 Å². The van der Waals surface area contributed by atoms with Crippen molar-refractivity contribution in [2.75, 3.05) is 0 Å². The van der Waals surface area contributed by atoms with Gasteiger partial charge in [-0.2, -0.15) is 0 Å². The number of aliphatic hydroxyl groups excluding tert-OH is 1. The normalized spacial score (nSPS) is 10.1. The molecule has 0 saturated carbocycles. The van der Waals surface area contributed by atoms with Gasteiger partial charge in [0.1, 0.15) is 0 Å². The Morgan fingerprint density at radius 3 is 2.81 bits per heavy atom. The lowest BCUT2D eigenvalue weighted by Gasteiger charge is -2.06. The first kappa shape index (κ1) is 10.6. The molecule has 0 aliphatic carbocycles. The average molecular weight is 219 g/mol. The van der Waals surface area contributed by atoms with Gasteiger partial charge in [-0.15, -0.1) is 0 Å². The molecule has 2 rings (SSSR count). The van der Waals surface area contributed by atoms with Crippen molar-refractivity contribution < 1.29 is 14.2 Å². The van der Waals surface area contributed by atoms with Crippen molar-refractivity contribution >= 4 is 0 Å². The van der Waals surface area contributed by atoms with E-state index in [-0.39, 0.29) is 18.2 Å². The minimum absolute atomic E-state index is 0.101. The molecule has 1 aromatic carbocycles. The first-order valence-corrected chi connectivity index (χ1v) is 4.78. The summed E-state index contributed by atoms with van der Waals surface area (Å²) in [4.78, 5) is 3.92. The molecule has 0 saturated heterocycles. The summed E-state index contributed by atoms with van der Waals surface area (Å²) in [6.45, 7) is -0.101. The zero-order valence-corrected chi connectivity index (χ0v) is 8.43. The maximum absolute atomic E-state index is 13.3. The molecule has 0 radical (unpaired) electrons. The highest BCUT2D eigenvalue weighted by Gasteiger charge is 2.04. The lowest BCUT2D eigenvalue weighted by Crippen LogP contribution is -1.92. The summed E-state index contributed by atoms with van der Waals surface area (Å²) in [6.07, 6.45) is 1.50. The second-order valence-electron chi connectivity index (χ2n) is 3.19. The van der Waals surface area contributed by atoms with Crippen LogP contribution < -0.4 is 4.74 Å². The Morgan fingerprint density at radius 1 is 1.25 bits per heavy atom. The van der Waals surface area contributed by atoms with Crippen LogP contribution in [-0.2, 0) is 6.61 Å². The van der Waals surface area contributed by atoms with Crippen LogP contribution in [-0.4, -0.2) is 10.1 Å². The summed E-state index contributed by atoms with van der Waals surface area (Å²) in [5, 5.41) is 8.93. The minimum atomic E-state index is -0.446. The van der Waals surface area contributed by atoms with Gasteiger partial charge in [0.25, 0.3) is 0 Å². The van der Waals surface area contributed by atoms with Crippen LogP contribution in [0.2, 0.25) is 0 Å². The lowest BCUT2D eigenvalue weighted by atomic mass is 10.3. The molecule has 0 bridgehead atoms. The third-order valence-electron chi connectivity index (χ3n) is 2.03. The van der Waals surface area contributed by atoms with Crippen LogP contribution in [0.15, 0.2) is 42.6 Å². The summed E-state index contributed by atoms with van der Waals surface area (Å²) in [6, 6.07) is 9.31. The van der Waals surface area contributed by atoms with Crippen LogP contribution in [0.1, 0.15) is 5.56 Å². The fourth-order valence-corrected chi connectivity index (χ4v) is 1.24. The van der Waals surface area contributed by atoms with Crippen molar-refractivity contribution in [2.45, 2.75) is 6.61 Å². The smallest absolute Gasteiger partial charge is 0.219 e. The van der Waals surface area contributed by atoms with E-state index in [0.717, 1.165) is 0 Å². The van der Waals surface area contributed by atoms with Crippen LogP contribution in [0.5, 0.6) is 11.6 Å². The molecule has 0 amide bonds. The number of pyridine rings is 1. The highest BCUT2D eigenvalue weighted by atomic mass is 19.1. The molecule has 1 aromatic heterocycles. The number of para-hydroxylation sites is 1. The van der Waals surface area contributed by atoms with E-state index >= 15 is 0 Å². The van der Waals surface area contributed by atoms with E-state index in [1.165, 1.54) is 18.3 Å². The molecule has 3 nitrogen and oxygen atoms in total. The van der Waals surface area contributed by atoms with E-state index in [9.17, 15) is 4.39 Å². The van der Waals surface area contributed by atoms with Crippen molar-refractivity contribution in [3.05, 3.63) is 54.0 Å². The molecule has 0 aliphatic heterocycles. The molecule has 16 heavy (non-hydrogen) atoms. The quantitative estimate of drug-likeness (QED) is 0.862. The number of aromatic nitrogens is 1. The maximum atomic E-state index is 13.3. The van der Waals surface area contributed by atoms with Gasteiger partial charge < -0.3 is 9.84 Å². The van der Waals surface area contributed by atoms with Crippen molar-refractivity contribution in [3.63, 3.8) is 0 Å². The number of benzene rings is 1. The van der Waals surface area contributed by atoms with E-state index in [1.807, 2.05) is 0 Å². The van der Waals surface area contributed by atoms with Gasteiger partial charge in [-0.3, -0.25) is 0 Å². The van der Waals surface area contributed by atoms with Crippen LogP contribution in [0.25, 0.3) is 0 Å². The standard InChI is InChI=1S/C12H10FNO2/c13-10-3-1-2-4-11(10)16-12-7-9(8-15)5-6-14-12/h1-7,15H,8H2. The first-order valence-electron chi connectivity index (χ1n) is 4.78. The number of aliphatic hydroxyl groups is 1. The second kappa shape index (κ2) is 4.72. The van der Waals surface area contributed by atoms with E-state index < -0.39 is 5.82 Å². The van der Waals surface area contributed by atoms with Crippen LogP contribution in [0.4, 0.5) is 4.39 Å². The molecule has 0 unspecified atom stereocenters. The van der Waals surface area contributed by atoms with Gasteiger partial charge in [0.2, 0.25) is 5.88 Å². The van der Waals surface area contributed by atoms with Crippen molar-refractivity contribution in [1.29, 1.82) is 0 Å². The predicted octanol–water partition coefficient (Wildman–Crippen LogP) is 2.51. The van der Waals surface area contributed by atoms with Gasteiger partial charge in [0.15, 0.2) is 11.6 Å². The van der Waals surface area contributed by atoms with E-state index in [1.54, 1.807) is 24.3 Å². The lowest BCUT2D eigenvalue weighted by molar-refractivity contribution is 0.281. The Balaban J connectivity index is 2.24. The zero-order chi connectivity index (χ0) is 11.4. The molecule has 0 spiro atoms. The molecule has 2 aromatic rings. The number of rotatable bonds is 3. The van der Waals surface area contributed by atoms with Crippen molar-refractivity contribution in [1.82, 2.24) is 4.98 Å². The number of nitrogens with zero attached hydrogens (tertiary/aromatic N) is 1. The Bertz CT molecular complexity index is 488. The fraction of sp³-hybridized carbons (Fsp3) is 0.0833. The van der Waals surface area contributed by atoms with Crippen molar-refractivity contribution in [2.24, 2.45) is 0 Å². The van der Waals surface area contributed by atoms with Crippen LogP contribution in [0.3, 0.4) is 0 Å². The highest BCUT2D eigenvalue weighted by Crippen LogP contribution is 2.22. The van der Waals surface area contributed by atoms with E-state index in [0.29, 0.717) is 5.56 Å². The number of hydrogen-bond donors (Lipinski definition) is 1. The zero-order valence-electron chi connectivity index (χ0n) is 8.43. The summed E-state index contributed by atoms with van der Waals surface area (Å²) < 4.78 is 18.5. The predicted molar refractivity (Wildman–Crippen MR) is 56.6 cm³/mol. The SMILES string of the molecule is OCc1ccnc(Oc2ccccc2F)c1. The van der Waals surface area contributed by atoms with Gasteiger partial charge in [0.05, 0.1) is 6.61 Å². The summed E-state index contributed by atoms with van der Waals surface area (Å²) in [5.74, 6) is -0.0690. The van der Waals surface area contributed by atoms with Crippen LogP contribution >= 0.6 is 0 Å². The third kappa shape index (κ3) is 2.35. The van der Waals surface area contributed by atoms with Gasteiger partial charge >= 0.3 is 0 Å². The average Bonchev–Trinajstić information content (AvgIpc) is 2.32. The number of halogens is 1. The Hall–Kier alpha value is -1.94. The van der Waals surface area contributed by atoms with Crippen molar-refractivity contribution in [3.8, 4) is 11.6 Å². The topological polar surface area (TPSA) is 42.4 Å². The summed E-state index contributed by atoms with van der Waals surface area (Å²) >= 11 is 0. The van der Waals surface area contributed by atoms with Gasteiger partial charge in [-0.1, -0.05) is 12.1 Å². The van der Waals surface area contributed by atoms with Gasteiger partial charge in [-0.05, 0) is 23.8 Å². The summed E-state index contributed by atoms with van der Waals surface area (Å²) in [5.41, 5.74) is 0.668. The summed E-state index contributed by atoms with van der Waals surface area (Å²) in [7, 11) is 0. The molecule has 1 N–H and O–H groups in total. The largest absolute Gasteiger partial charge is 0.436 e. The molecule has 0 aliphatic rings. The first-order chi connectivity index (χ1) is 7.79. The molecule has 4 heteroatoms. The molecule has 82 valence electrons. The minimum Gasteiger partial charge on any atom is -0.436 e. The Morgan fingerprint density at radius 2 is 2.06 bits per heavy atom. The van der Waals surface area contributed by atoms with E-state index in [2.05, 4.69) is 4.98 Å². The molecule has 0 fully saturated rings. The second-order valence-corrected chi connectivity index (χ2v) is 3.19. The fourth-order valence-electron chi connectivity index (χ4n) is 1.24. The molecule has 1 heterocycles. The van der Waals surface area contributed by atoms with Gasteiger partial charge in [-0.25, -0.2) is 9.37 Å². The molecular weight excluding hydrogens is 209 g/mol. The third-order valence-corrected chi connectivity index (χ3v) is 2.03. The number of hydrogen-bond acceptors (Lipinski definition) is 3. The maximum Gasteiger partial charge on any atom is 0.219 e. The Labute approximate surface area is 92.1 Å². The van der Waals surface area contributed by atoms with E-state index in [4.69, 9.17) is 9.84 Å². The Kier molecular flexibility index (Phi) is 3.12. The molecule has 0 atom stereocenters. The molecular formula is C12H10FNO2.